The smallest absolute Gasteiger partial charge is 0.339 e. The molecule has 0 aliphatic rings. The number of nitro benzene ring substituents is 1. The summed E-state index contributed by atoms with van der Waals surface area (Å²) in [7, 11) is 0. The Morgan fingerprint density at radius 2 is 1.80 bits per heavy atom. The van der Waals surface area contributed by atoms with E-state index in [2.05, 4.69) is 5.32 Å². The van der Waals surface area contributed by atoms with Crippen LogP contribution in [0.5, 0.6) is 0 Å². The van der Waals surface area contributed by atoms with E-state index in [1.807, 2.05) is 6.07 Å². The Balaban J connectivity index is 2.19. The number of nitrogens with one attached hydrogen (secondary N) is 1. The molecule has 30 heavy (non-hydrogen) atoms. The molecular weight excluding hydrogens is 394 g/mol. The van der Waals surface area contributed by atoms with Crippen LogP contribution in [0.1, 0.15) is 40.1 Å². The van der Waals surface area contributed by atoms with Crippen molar-refractivity contribution in [1.82, 2.24) is 0 Å². The highest BCUT2D eigenvalue weighted by Crippen LogP contribution is 2.20. The first kappa shape index (κ1) is 22.0. The van der Waals surface area contributed by atoms with E-state index in [1.54, 1.807) is 19.1 Å². The standard InChI is InChI=1S/C20H17N3O7/c1-3-29-19(25)14-8-15(10-16(9-14)23(27)28)20(26)30-12(2)18(24)22-17-7-5-4-6-13(17)11-21/h4-10,12H,3H2,1-2H3,(H,22,24). The molecule has 1 atom stereocenters. The molecule has 2 aromatic rings. The maximum Gasteiger partial charge on any atom is 0.339 e. The Morgan fingerprint density at radius 1 is 1.17 bits per heavy atom. The van der Waals surface area contributed by atoms with E-state index in [0.717, 1.165) is 18.2 Å². The molecule has 2 aromatic carbocycles. The second kappa shape index (κ2) is 9.79. The number of anilines is 1. The number of esters is 2. The van der Waals surface area contributed by atoms with Gasteiger partial charge in [-0.1, -0.05) is 12.1 Å². The van der Waals surface area contributed by atoms with Gasteiger partial charge in [0.2, 0.25) is 0 Å². The molecule has 1 N–H and O–H groups in total. The third-order valence-electron chi connectivity index (χ3n) is 3.83. The second-order valence-electron chi connectivity index (χ2n) is 5.94. The lowest BCUT2D eigenvalue weighted by Crippen LogP contribution is -2.30. The van der Waals surface area contributed by atoms with Gasteiger partial charge >= 0.3 is 11.9 Å². The summed E-state index contributed by atoms with van der Waals surface area (Å²) in [6, 6.07) is 11.2. The maximum atomic E-state index is 12.4. The zero-order chi connectivity index (χ0) is 22.3. The van der Waals surface area contributed by atoms with Gasteiger partial charge in [0.15, 0.2) is 6.10 Å². The van der Waals surface area contributed by atoms with Crippen LogP contribution in [-0.4, -0.2) is 35.5 Å². The number of nitriles is 1. The number of ether oxygens (including phenoxy) is 2. The average molecular weight is 411 g/mol. The van der Waals surface area contributed by atoms with Gasteiger partial charge in [-0.25, -0.2) is 9.59 Å². The van der Waals surface area contributed by atoms with Crippen LogP contribution in [0.3, 0.4) is 0 Å². The summed E-state index contributed by atoms with van der Waals surface area (Å²) in [5, 5.41) is 22.7. The molecule has 10 heteroatoms. The van der Waals surface area contributed by atoms with E-state index in [-0.39, 0.29) is 29.0 Å². The first-order valence-electron chi connectivity index (χ1n) is 8.74. The SMILES string of the molecule is CCOC(=O)c1cc(C(=O)OC(C)C(=O)Nc2ccccc2C#N)cc([N+](=O)[O-])c1. The minimum atomic E-state index is -1.28. The normalized spacial score (nSPS) is 11.0. The third kappa shape index (κ3) is 5.39. The van der Waals surface area contributed by atoms with Crippen LogP contribution in [0.25, 0.3) is 0 Å². The molecule has 0 aliphatic heterocycles. The van der Waals surface area contributed by atoms with Gasteiger partial charge < -0.3 is 14.8 Å². The van der Waals surface area contributed by atoms with E-state index < -0.39 is 34.6 Å². The molecule has 0 bridgehead atoms. The van der Waals surface area contributed by atoms with E-state index >= 15 is 0 Å². The molecule has 0 spiro atoms. The predicted molar refractivity (Wildman–Crippen MR) is 104 cm³/mol. The molecule has 1 amide bonds. The van der Waals surface area contributed by atoms with Gasteiger partial charge in [0.1, 0.15) is 6.07 Å². The molecular formula is C20H17N3O7. The van der Waals surface area contributed by atoms with Gasteiger partial charge in [-0.05, 0) is 32.0 Å². The molecule has 0 fully saturated rings. The lowest BCUT2D eigenvalue weighted by atomic mass is 10.1. The number of rotatable bonds is 7. The van der Waals surface area contributed by atoms with Crippen molar-refractivity contribution in [3.05, 3.63) is 69.3 Å². The number of carbonyl (C=O) groups excluding carboxylic acids is 3. The number of benzene rings is 2. The Labute approximate surface area is 171 Å². The van der Waals surface area contributed by atoms with E-state index in [4.69, 9.17) is 14.7 Å². The molecule has 0 saturated carbocycles. The summed E-state index contributed by atoms with van der Waals surface area (Å²) in [5.74, 6) is -2.59. The molecule has 1 unspecified atom stereocenters. The highest BCUT2D eigenvalue weighted by Gasteiger charge is 2.23. The van der Waals surface area contributed by atoms with Crippen LogP contribution in [0.15, 0.2) is 42.5 Å². The van der Waals surface area contributed by atoms with Crippen molar-refractivity contribution in [1.29, 1.82) is 5.26 Å². The highest BCUT2D eigenvalue weighted by atomic mass is 16.6. The number of hydrogen-bond acceptors (Lipinski definition) is 8. The predicted octanol–water partition coefficient (Wildman–Crippen LogP) is 2.83. The van der Waals surface area contributed by atoms with Crippen molar-refractivity contribution in [2.75, 3.05) is 11.9 Å². The molecule has 2 rings (SSSR count). The van der Waals surface area contributed by atoms with Crippen LogP contribution in [-0.2, 0) is 14.3 Å². The number of hydrogen-bond donors (Lipinski definition) is 1. The number of amides is 1. The number of non-ortho nitro benzene ring substituents is 1. The second-order valence-corrected chi connectivity index (χ2v) is 5.94. The van der Waals surface area contributed by atoms with Crippen molar-refractivity contribution >= 4 is 29.2 Å². The lowest BCUT2D eigenvalue weighted by Gasteiger charge is -2.14. The quantitative estimate of drug-likeness (QED) is 0.415. The molecule has 0 aromatic heterocycles. The maximum absolute atomic E-state index is 12.4. The van der Waals surface area contributed by atoms with Gasteiger partial charge in [-0.3, -0.25) is 14.9 Å². The molecule has 154 valence electrons. The minimum absolute atomic E-state index is 0.0443. The highest BCUT2D eigenvalue weighted by molar-refractivity contribution is 5.99. The third-order valence-corrected chi connectivity index (χ3v) is 3.83. The Bertz CT molecular complexity index is 1040. The fraction of sp³-hybridized carbons (Fsp3) is 0.200. The van der Waals surface area contributed by atoms with Crippen LogP contribution in [0.2, 0.25) is 0 Å². The van der Waals surface area contributed by atoms with E-state index in [1.165, 1.54) is 19.1 Å². The van der Waals surface area contributed by atoms with E-state index in [0.29, 0.717) is 0 Å². The summed E-state index contributed by atoms with van der Waals surface area (Å²) in [6.45, 7) is 2.91. The molecule has 0 heterocycles. The van der Waals surface area contributed by atoms with Gasteiger partial charge in [0, 0.05) is 12.1 Å². The fourth-order valence-electron chi connectivity index (χ4n) is 2.37. The number of nitro groups is 1. The zero-order valence-corrected chi connectivity index (χ0v) is 16.1. The Kier molecular flexibility index (Phi) is 7.19. The van der Waals surface area contributed by atoms with Crippen molar-refractivity contribution in [2.24, 2.45) is 0 Å². The Hall–Kier alpha value is -4.26. The summed E-state index contributed by atoms with van der Waals surface area (Å²) in [4.78, 5) is 47.0. The minimum Gasteiger partial charge on any atom is -0.462 e. The lowest BCUT2D eigenvalue weighted by molar-refractivity contribution is -0.384. The first-order chi connectivity index (χ1) is 14.3. The fourth-order valence-corrected chi connectivity index (χ4v) is 2.37. The number of carbonyl (C=O) groups is 3. The van der Waals surface area contributed by atoms with Crippen molar-refractivity contribution < 1.29 is 28.8 Å². The first-order valence-corrected chi connectivity index (χ1v) is 8.74. The average Bonchev–Trinajstić information content (AvgIpc) is 2.73. The topological polar surface area (TPSA) is 149 Å². The molecule has 0 radical (unpaired) electrons. The number of nitrogens with zero attached hydrogens (tertiary/aromatic N) is 2. The number of para-hydroxylation sites is 1. The largest absolute Gasteiger partial charge is 0.462 e. The summed E-state index contributed by atoms with van der Waals surface area (Å²) < 4.78 is 9.87. The molecule has 10 nitrogen and oxygen atoms in total. The van der Waals surface area contributed by atoms with Crippen LogP contribution < -0.4 is 5.32 Å². The van der Waals surface area contributed by atoms with Crippen LogP contribution in [0.4, 0.5) is 11.4 Å². The van der Waals surface area contributed by atoms with Gasteiger partial charge in [0.25, 0.3) is 11.6 Å². The van der Waals surface area contributed by atoms with Crippen molar-refractivity contribution in [2.45, 2.75) is 20.0 Å². The molecule has 0 saturated heterocycles. The summed E-state index contributed by atoms with van der Waals surface area (Å²) in [6.07, 6.45) is -1.28. The molecule has 0 aliphatic carbocycles. The van der Waals surface area contributed by atoms with Crippen molar-refractivity contribution in [3.8, 4) is 6.07 Å². The van der Waals surface area contributed by atoms with Crippen molar-refractivity contribution in [3.63, 3.8) is 0 Å². The van der Waals surface area contributed by atoms with Gasteiger partial charge in [-0.15, -0.1) is 0 Å². The zero-order valence-electron chi connectivity index (χ0n) is 16.1. The monoisotopic (exact) mass is 411 g/mol. The summed E-state index contributed by atoms with van der Waals surface area (Å²) >= 11 is 0. The Morgan fingerprint density at radius 3 is 2.40 bits per heavy atom. The van der Waals surface area contributed by atoms with Gasteiger partial charge in [-0.2, -0.15) is 5.26 Å². The van der Waals surface area contributed by atoms with E-state index in [9.17, 15) is 24.5 Å². The summed E-state index contributed by atoms with van der Waals surface area (Å²) in [5.41, 5.74) is -0.523. The van der Waals surface area contributed by atoms with Gasteiger partial charge in [0.05, 0.1) is 33.9 Å². The van der Waals surface area contributed by atoms with Crippen LogP contribution >= 0.6 is 0 Å². The van der Waals surface area contributed by atoms with Crippen LogP contribution in [0, 0.1) is 21.4 Å².